The molecule has 7 aromatic carbocycles. The van der Waals surface area contributed by atoms with Crippen molar-refractivity contribution >= 4 is 32.9 Å². The molecule has 0 saturated heterocycles. The van der Waals surface area contributed by atoms with Crippen LogP contribution in [0.15, 0.2) is 162 Å². The number of ether oxygens (including phenoxy) is 4. The van der Waals surface area contributed by atoms with Gasteiger partial charge in [0.25, 0.3) is 0 Å². The van der Waals surface area contributed by atoms with Crippen molar-refractivity contribution in [2.24, 2.45) is 10.2 Å². The second-order valence-corrected chi connectivity index (χ2v) is 21.0. The molecule has 0 spiro atoms. The van der Waals surface area contributed by atoms with E-state index in [9.17, 15) is 0 Å². The maximum Gasteiger partial charge on any atom is 0.146 e. The Bertz CT molecular complexity index is 3370. The van der Waals surface area contributed by atoms with Gasteiger partial charge in [0.1, 0.15) is 46.7 Å². The molecule has 1 aliphatic heterocycles. The van der Waals surface area contributed by atoms with Gasteiger partial charge in [-0.2, -0.15) is 5.11 Å². The van der Waals surface area contributed by atoms with Gasteiger partial charge in [0.05, 0.1) is 37.9 Å². The zero-order valence-electron chi connectivity index (χ0n) is 46.1. The van der Waals surface area contributed by atoms with Crippen LogP contribution >= 0.6 is 0 Å². The van der Waals surface area contributed by atoms with Crippen LogP contribution in [0.25, 0.3) is 55.1 Å². The number of fused-ring (bicyclic) bond motifs is 15. The molecule has 10 rings (SSSR count). The van der Waals surface area contributed by atoms with Crippen molar-refractivity contribution in [1.82, 2.24) is 30.0 Å². The van der Waals surface area contributed by atoms with E-state index in [2.05, 4.69) is 137 Å². The fraction of sp³-hybridized carbons (Fsp3) is 0.373. The Morgan fingerprint density at radius 3 is 1.77 bits per heavy atom. The Balaban J connectivity index is 0.819. The van der Waals surface area contributed by atoms with E-state index in [1.54, 1.807) is 0 Å². The number of nitrogens with zero attached hydrogens (tertiary/aromatic N) is 8. The van der Waals surface area contributed by atoms with E-state index in [-0.39, 0.29) is 6.61 Å². The molecule has 12 heteroatoms. The summed E-state index contributed by atoms with van der Waals surface area (Å²) in [6.07, 6.45) is 25.0. The summed E-state index contributed by atoms with van der Waals surface area (Å²) in [4.78, 5) is 0. The lowest BCUT2D eigenvalue weighted by atomic mass is 9.92. The van der Waals surface area contributed by atoms with Gasteiger partial charge >= 0.3 is 0 Å². The molecule has 3 heterocycles. The van der Waals surface area contributed by atoms with E-state index in [0.717, 1.165) is 161 Å². The average molecular weight is 1060 g/mol. The summed E-state index contributed by atoms with van der Waals surface area (Å²) in [5, 5.41) is 32.2. The second kappa shape index (κ2) is 28.7. The van der Waals surface area contributed by atoms with Crippen molar-refractivity contribution in [1.29, 1.82) is 0 Å². The molecule has 2 aromatic heterocycles. The lowest BCUT2D eigenvalue weighted by molar-refractivity contribution is 0.299. The third kappa shape index (κ3) is 15.2. The number of rotatable bonds is 13. The molecule has 1 aliphatic rings. The highest BCUT2D eigenvalue weighted by Crippen LogP contribution is 2.46. The number of azo groups is 1. The second-order valence-electron chi connectivity index (χ2n) is 21.0. The topological polar surface area (TPSA) is 123 Å². The van der Waals surface area contributed by atoms with E-state index in [1.807, 2.05) is 52.1 Å². The number of aromatic nitrogens is 6. The Morgan fingerprint density at radius 1 is 0.468 bits per heavy atom. The first-order valence-corrected chi connectivity index (χ1v) is 29.3. The third-order valence-corrected chi connectivity index (χ3v) is 14.9. The molecule has 0 fully saturated rings. The van der Waals surface area contributed by atoms with Crippen molar-refractivity contribution in [3.05, 3.63) is 158 Å². The van der Waals surface area contributed by atoms with E-state index in [1.165, 1.54) is 57.8 Å². The molecular formula is C67H76N8O4. The van der Waals surface area contributed by atoms with Crippen molar-refractivity contribution in [3.63, 3.8) is 0 Å². The predicted molar refractivity (Wildman–Crippen MR) is 318 cm³/mol. The summed E-state index contributed by atoms with van der Waals surface area (Å²) in [6, 6.07) is 48.0. The van der Waals surface area contributed by atoms with Gasteiger partial charge in [0, 0.05) is 29.8 Å². The van der Waals surface area contributed by atoms with Crippen LogP contribution in [-0.4, -0.2) is 49.8 Å². The lowest BCUT2D eigenvalue weighted by Gasteiger charge is -2.19. The Morgan fingerprint density at radius 2 is 1.06 bits per heavy atom. The van der Waals surface area contributed by atoms with E-state index in [0.29, 0.717) is 24.7 Å². The summed E-state index contributed by atoms with van der Waals surface area (Å²) >= 11 is 0. The van der Waals surface area contributed by atoms with Crippen molar-refractivity contribution in [3.8, 4) is 56.5 Å². The van der Waals surface area contributed by atoms with E-state index in [4.69, 9.17) is 29.2 Å². The van der Waals surface area contributed by atoms with Gasteiger partial charge in [-0.3, -0.25) is 9.36 Å². The zero-order valence-corrected chi connectivity index (χ0v) is 46.1. The van der Waals surface area contributed by atoms with Crippen LogP contribution in [0, 0.1) is 0 Å². The summed E-state index contributed by atoms with van der Waals surface area (Å²) < 4.78 is 29.9. The van der Waals surface area contributed by atoms with Crippen molar-refractivity contribution in [2.75, 3.05) is 19.8 Å². The van der Waals surface area contributed by atoms with Gasteiger partial charge in [-0.25, -0.2) is 0 Å². The van der Waals surface area contributed by atoms with E-state index < -0.39 is 0 Å². The van der Waals surface area contributed by atoms with Crippen LogP contribution in [0.3, 0.4) is 0 Å². The molecule has 12 nitrogen and oxygen atoms in total. The van der Waals surface area contributed by atoms with Crippen LogP contribution in [0.2, 0.25) is 0 Å². The monoisotopic (exact) mass is 1060 g/mol. The van der Waals surface area contributed by atoms with Crippen LogP contribution in [0.5, 0.6) is 23.0 Å². The smallest absolute Gasteiger partial charge is 0.146 e. The first-order valence-electron chi connectivity index (χ1n) is 29.3. The van der Waals surface area contributed by atoms with Gasteiger partial charge in [-0.15, -0.1) is 15.3 Å². The molecule has 0 saturated carbocycles. The van der Waals surface area contributed by atoms with Crippen LogP contribution in [0.4, 0.5) is 11.4 Å². The number of benzene rings is 7. The normalized spacial score (nSPS) is 14.0. The number of unbranched alkanes of at least 4 members (excludes halogenated alkanes) is 9. The van der Waals surface area contributed by atoms with Gasteiger partial charge in [0.15, 0.2) is 0 Å². The van der Waals surface area contributed by atoms with Crippen LogP contribution < -0.4 is 18.9 Å². The molecule has 0 aliphatic carbocycles. The Labute approximate surface area is 466 Å². The summed E-state index contributed by atoms with van der Waals surface area (Å²) in [6.45, 7) is 6.00. The molecule has 79 heavy (non-hydrogen) atoms. The molecule has 0 atom stereocenters. The van der Waals surface area contributed by atoms with Crippen LogP contribution in [-0.2, 0) is 19.7 Å². The summed E-state index contributed by atoms with van der Waals surface area (Å²) in [7, 11) is 0. The van der Waals surface area contributed by atoms with Gasteiger partial charge in [-0.05, 0) is 126 Å². The fourth-order valence-electron chi connectivity index (χ4n) is 10.5. The molecular weight excluding hydrogens is 981 g/mol. The minimum Gasteiger partial charge on any atom is -0.494 e. The maximum absolute atomic E-state index is 6.73. The zero-order chi connectivity index (χ0) is 53.7. The Kier molecular flexibility index (Phi) is 19.8. The lowest BCUT2D eigenvalue weighted by Crippen LogP contribution is -2.03. The minimum atomic E-state index is 0.287. The van der Waals surface area contributed by atoms with E-state index >= 15 is 0 Å². The van der Waals surface area contributed by atoms with Crippen molar-refractivity contribution < 1.29 is 18.9 Å². The third-order valence-electron chi connectivity index (χ3n) is 14.9. The molecule has 0 N–H and O–H groups in total. The van der Waals surface area contributed by atoms with Gasteiger partial charge in [-0.1, -0.05) is 179 Å². The highest BCUT2D eigenvalue weighted by atomic mass is 16.5. The van der Waals surface area contributed by atoms with Gasteiger partial charge < -0.3 is 18.9 Å². The average Bonchev–Trinajstić information content (AvgIpc) is 4.28. The highest BCUT2D eigenvalue weighted by molar-refractivity contribution is 6.09. The first kappa shape index (κ1) is 54.5. The molecule has 6 bridgehead atoms. The highest BCUT2D eigenvalue weighted by Gasteiger charge is 2.20. The number of aryl methyl sites for hydroxylation is 2. The summed E-state index contributed by atoms with van der Waals surface area (Å²) in [5.74, 6) is 3.21. The SMILES string of the molecule is CCCCCCCCCCCCOc1ccc(-c2ccc3c(c2)N=Nc2cccc(c2)-c2cn(nn2)CCCCCCOc2ccc4ccccc4c2-c2c(ccc4ccccc24)OCc2cn(nn2)CCCCCCO3)cc1. The quantitative estimate of drug-likeness (QED) is 0.105. The number of hydrogen-bond donors (Lipinski definition) is 0. The standard InChI is InChI=1S/C67H76N8O4/c1-2-3-4-5-6-7-8-9-12-21-43-76-58-36-31-51(32-37-58)54-35-38-63-61(47-54)70-68-56-28-24-27-55(46-56)62-49-75(73-71-62)42-20-11-14-23-45-78-64-39-33-52-25-15-17-29-59(52)66(64)67-60-30-18-16-26-53(60)34-40-65(67)79-50-57-48-74(72-69-57)41-19-10-13-22-44-77-63/h15-18,24-40,46-49H,2-14,19-23,41-45,50H2,1H3. The molecule has 0 amide bonds. The largest absolute Gasteiger partial charge is 0.494 e. The fourth-order valence-corrected chi connectivity index (χ4v) is 10.5. The summed E-state index contributed by atoms with van der Waals surface area (Å²) in [5.41, 5.74) is 8.05. The molecule has 408 valence electrons. The molecule has 0 unspecified atom stereocenters. The van der Waals surface area contributed by atoms with Crippen molar-refractivity contribution in [2.45, 2.75) is 142 Å². The molecule has 9 aromatic rings. The molecule has 0 radical (unpaired) electrons. The Hall–Kier alpha value is -7.86. The van der Waals surface area contributed by atoms with Crippen LogP contribution in [0.1, 0.15) is 128 Å². The predicted octanol–water partition coefficient (Wildman–Crippen LogP) is 18.1. The number of hydrogen-bond acceptors (Lipinski definition) is 10. The van der Waals surface area contributed by atoms with Gasteiger partial charge in [0.2, 0.25) is 0 Å². The maximum atomic E-state index is 6.73. The minimum absolute atomic E-state index is 0.287. The first-order chi connectivity index (χ1) is 39.1.